The van der Waals surface area contributed by atoms with Crippen molar-refractivity contribution in [2.45, 2.75) is 52.4 Å². The zero-order chi connectivity index (χ0) is 69.2. The molecular weight excluding hydrogens is 1240 g/mol. The number of aromatic nitrogens is 1. The second-order valence-corrected chi connectivity index (χ2v) is 30.0. The van der Waals surface area contributed by atoms with Gasteiger partial charge < -0.3 is 19.1 Å². The van der Waals surface area contributed by atoms with Crippen molar-refractivity contribution in [3.8, 4) is 66.8 Å². The van der Waals surface area contributed by atoms with Gasteiger partial charge in [-0.2, -0.15) is 0 Å². The van der Waals surface area contributed by atoms with E-state index in [1.807, 2.05) is 0 Å². The van der Waals surface area contributed by atoms with E-state index >= 15 is 0 Å². The number of nitrogens with zero attached hydrogens (tertiary/aromatic N) is 4. The van der Waals surface area contributed by atoms with Crippen LogP contribution in [0.15, 0.2) is 346 Å². The van der Waals surface area contributed by atoms with E-state index in [1.54, 1.807) is 0 Å². The van der Waals surface area contributed by atoms with Crippen molar-refractivity contribution in [2.24, 2.45) is 0 Å². The van der Waals surface area contributed by atoms with Crippen LogP contribution in [0.2, 0.25) is 0 Å². The summed E-state index contributed by atoms with van der Waals surface area (Å²) < 4.78 is 2.49. The SMILES string of the molecule is CC(C)(C)c1ccc(N(c2ccc(C(C)(C)C)cc2)c2ccc3c(c2)N(c2c(-c4ccccc4)cccc2-c2ccccc2)c2cc(-c4ccccc4)cc4c2B3c2ccc(-c3ccc5c(c3)c3cccc6c7ccccc7n5c63)cc2N4c2c(-c3ccccc3)cccc2-c2ccccc2)cc1. The molecule has 5 heteroatoms. The van der Waals surface area contributed by atoms with Gasteiger partial charge in [0.15, 0.2) is 0 Å². The first-order valence-electron chi connectivity index (χ1n) is 36.2. The van der Waals surface area contributed by atoms with Gasteiger partial charge in [0, 0.05) is 83.6 Å². The first kappa shape index (κ1) is 61.6. The number of fused-ring (bicyclic) bond motifs is 10. The minimum absolute atomic E-state index is 0.0316. The Morgan fingerprint density at radius 1 is 0.262 bits per heavy atom. The Bertz CT molecular complexity index is 5940. The summed E-state index contributed by atoms with van der Waals surface area (Å²) in [6.07, 6.45) is 0. The second kappa shape index (κ2) is 24.1. The third-order valence-electron chi connectivity index (χ3n) is 21.8. The highest BCUT2D eigenvalue weighted by Gasteiger charge is 2.46. The Hall–Kier alpha value is -12.4. The Morgan fingerprint density at radius 2 is 0.631 bits per heavy atom. The van der Waals surface area contributed by atoms with Crippen molar-refractivity contribution in [1.29, 1.82) is 0 Å². The predicted octanol–water partition coefficient (Wildman–Crippen LogP) is 25.0. The summed E-state index contributed by atoms with van der Waals surface area (Å²) in [5, 5.41) is 5.07. The van der Waals surface area contributed by atoms with Gasteiger partial charge in [0.1, 0.15) is 0 Å². The minimum Gasteiger partial charge on any atom is -0.310 e. The van der Waals surface area contributed by atoms with Crippen molar-refractivity contribution in [3.05, 3.63) is 357 Å². The van der Waals surface area contributed by atoms with Gasteiger partial charge in [0.2, 0.25) is 0 Å². The number of anilines is 9. The highest BCUT2D eigenvalue weighted by molar-refractivity contribution is 7.00. The average molecular weight is 1320 g/mol. The Labute approximate surface area is 603 Å². The van der Waals surface area contributed by atoms with E-state index in [0.717, 1.165) is 118 Å². The zero-order valence-corrected chi connectivity index (χ0v) is 58.8. The summed E-state index contributed by atoms with van der Waals surface area (Å²) in [7, 11) is 0. The van der Waals surface area contributed by atoms with Gasteiger partial charge in [-0.25, -0.2) is 0 Å². The van der Waals surface area contributed by atoms with Gasteiger partial charge in [-0.05, 0) is 156 Å². The summed E-state index contributed by atoms with van der Waals surface area (Å²) in [6, 6.07) is 130. The summed E-state index contributed by atoms with van der Waals surface area (Å²) in [5.74, 6) is 0. The smallest absolute Gasteiger partial charge is 0.252 e. The van der Waals surface area contributed by atoms with Crippen molar-refractivity contribution in [1.82, 2.24) is 4.40 Å². The van der Waals surface area contributed by atoms with Crippen LogP contribution in [0.5, 0.6) is 0 Å². The van der Waals surface area contributed by atoms with E-state index in [4.69, 9.17) is 0 Å². The molecule has 17 aromatic rings. The van der Waals surface area contributed by atoms with E-state index < -0.39 is 0 Å². The standard InChI is InChI=1S/C98H75BN4/c1-97(2,3)72-47-51-74(52-48-72)100(75-53-49-73(50-54-75)98(4,5)6)76-55-57-86-90(63-76)103(95-79(67-33-18-10-19-34-67)40-25-41-80(95)68-35-20-11-21-36-68)92-62-71(64-27-12-7-13-28-64)61-91-93(92)99(86)85-56-45-70(69-46-58-88-84(59-69)83-43-26-42-82-81-37-22-23-44-87(81)101(88)96(82)83)60-89(85)102(91)94-77(65-29-14-8-15-30-65)38-24-39-78(94)66-31-16-9-17-32-66/h7-63H,1-6H3. The minimum atomic E-state index is -0.244. The fourth-order valence-electron chi connectivity index (χ4n) is 16.8. The van der Waals surface area contributed by atoms with E-state index in [2.05, 4.69) is 406 Å². The highest BCUT2D eigenvalue weighted by Crippen LogP contribution is 2.55. The molecule has 0 bridgehead atoms. The molecule has 19 rings (SSSR count). The predicted molar refractivity (Wildman–Crippen MR) is 440 cm³/mol. The monoisotopic (exact) mass is 1320 g/mol. The fourth-order valence-corrected chi connectivity index (χ4v) is 16.8. The molecule has 0 atom stereocenters. The Balaban J connectivity index is 0.945. The Morgan fingerprint density at radius 3 is 1.12 bits per heavy atom. The van der Waals surface area contributed by atoms with Crippen LogP contribution in [-0.2, 0) is 10.8 Å². The first-order valence-corrected chi connectivity index (χ1v) is 36.2. The van der Waals surface area contributed by atoms with Gasteiger partial charge in [-0.1, -0.05) is 315 Å². The van der Waals surface area contributed by atoms with E-state index in [0.29, 0.717) is 0 Å². The molecule has 0 saturated carbocycles. The molecule has 15 aromatic carbocycles. The lowest BCUT2D eigenvalue weighted by Gasteiger charge is -2.46. The van der Waals surface area contributed by atoms with Gasteiger partial charge in [-0.15, -0.1) is 0 Å². The van der Waals surface area contributed by atoms with Gasteiger partial charge in [-0.3, -0.25) is 0 Å². The van der Waals surface area contributed by atoms with Crippen molar-refractivity contribution in [2.75, 3.05) is 14.7 Å². The molecule has 0 N–H and O–H groups in total. The lowest BCUT2D eigenvalue weighted by atomic mass is 9.33. The molecule has 4 nitrogen and oxygen atoms in total. The highest BCUT2D eigenvalue weighted by atomic mass is 15.2. The van der Waals surface area contributed by atoms with Gasteiger partial charge in [0.25, 0.3) is 6.71 Å². The lowest BCUT2D eigenvalue weighted by Crippen LogP contribution is -2.61. The van der Waals surface area contributed by atoms with Crippen LogP contribution in [0, 0.1) is 0 Å². The quantitative estimate of drug-likeness (QED) is 0.120. The molecule has 490 valence electrons. The molecule has 0 unspecified atom stereocenters. The molecular formula is C98H75BN4. The molecule has 0 fully saturated rings. The van der Waals surface area contributed by atoms with Gasteiger partial charge in [0.05, 0.1) is 27.9 Å². The van der Waals surface area contributed by atoms with Crippen LogP contribution in [0.4, 0.5) is 51.2 Å². The van der Waals surface area contributed by atoms with E-state index in [-0.39, 0.29) is 17.5 Å². The average Bonchev–Trinajstić information content (AvgIpc) is 1.38. The largest absolute Gasteiger partial charge is 0.310 e. The first-order chi connectivity index (χ1) is 50.4. The van der Waals surface area contributed by atoms with E-state index in [9.17, 15) is 0 Å². The fraction of sp³-hybridized carbons (Fsp3) is 0.0816. The van der Waals surface area contributed by atoms with Crippen LogP contribution >= 0.6 is 0 Å². The third-order valence-corrected chi connectivity index (χ3v) is 21.8. The van der Waals surface area contributed by atoms with Crippen LogP contribution in [0.25, 0.3) is 105 Å². The topological polar surface area (TPSA) is 14.1 Å². The maximum absolute atomic E-state index is 2.68. The molecule has 2 aromatic heterocycles. The molecule has 0 spiro atoms. The van der Waals surface area contributed by atoms with Crippen LogP contribution in [0.1, 0.15) is 52.7 Å². The van der Waals surface area contributed by atoms with Crippen molar-refractivity contribution >= 4 is 112 Å². The van der Waals surface area contributed by atoms with Crippen LogP contribution < -0.4 is 31.1 Å². The van der Waals surface area contributed by atoms with Crippen molar-refractivity contribution < 1.29 is 0 Å². The molecule has 0 amide bonds. The molecule has 2 aliphatic heterocycles. The number of hydrogen-bond acceptors (Lipinski definition) is 3. The molecule has 0 saturated heterocycles. The maximum atomic E-state index is 2.68. The van der Waals surface area contributed by atoms with Crippen molar-refractivity contribution in [3.63, 3.8) is 0 Å². The number of hydrogen-bond donors (Lipinski definition) is 0. The molecule has 103 heavy (non-hydrogen) atoms. The number of rotatable bonds is 11. The maximum Gasteiger partial charge on any atom is 0.252 e. The number of benzene rings is 15. The van der Waals surface area contributed by atoms with Gasteiger partial charge >= 0.3 is 0 Å². The summed E-state index contributed by atoms with van der Waals surface area (Å²) in [5.41, 5.74) is 33.5. The Kier molecular flexibility index (Phi) is 14.5. The van der Waals surface area contributed by atoms with Crippen LogP contribution in [-0.4, -0.2) is 11.1 Å². The van der Waals surface area contributed by atoms with Crippen LogP contribution in [0.3, 0.4) is 0 Å². The molecule has 4 heterocycles. The lowest BCUT2D eigenvalue weighted by molar-refractivity contribution is 0.590. The number of para-hydroxylation sites is 4. The summed E-state index contributed by atoms with van der Waals surface area (Å²) in [6.45, 7) is 13.5. The normalized spacial score (nSPS) is 12.7. The molecule has 2 aliphatic rings. The molecule has 0 aliphatic carbocycles. The summed E-state index contributed by atoms with van der Waals surface area (Å²) in [4.78, 5) is 7.84. The zero-order valence-electron chi connectivity index (χ0n) is 58.8. The third kappa shape index (κ3) is 10.2. The molecule has 0 radical (unpaired) electrons. The summed E-state index contributed by atoms with van der Waals surface area (Å²) >= 11 is 0. The van der Waals surface area contributed by atoms with E-state index in [1.165, 1.54) is 65.6 Å². The second-order valence-electron chi connectivity index (χ2n) is 30.0.